The highest BCUT2D eigenvalue weighted by molar-refractivity contribution is 9.09. The number of halogens is 1. The maximum absolute atomic E-state index is 10.2. The minimum absolute atomic E-state index is 0.182. The van der Waals surface area contributed by atoms with Crippen LogP contribution >= 0.6 is 15.9 Å². The third-order valence-corrected chi connectivity index (χ3v) is 1.64. The third-order valence-electron chi connectivity index (χ3n) is 1.08. The van der Waals surface area contributed by atoms with Crippen LogP contribution in [-0.2, 0) is 14.3 Å². The molecule has 0 saturated heterocycles. The molecule has 0 fully saturated rings. The van der Waals surface area contributed by atoms with Crippen molar-refractivity contribution in [3.05, 3.63) is 0 Å². The maximum atomic E-state index is 10.2. The van der Waals surface area contributed by atoms with E-state index in [9.17, 15) is 4.79 Å². The molecule has 0 aliphatic carbocycles. The van der Waals surface area contributed by atoms with Gasteiger partial charge in [-0.05, 0) is 19.3 Å². The van der Waals surface area contributed by atoms with E-state index in [1.807, 2.05) is 0 Å². The fourth-order valence-electron chi connectivity index (χ4n) is 0.589. The molecular weight excluding hydrogens is 252 g/mol. The molecule has 0 aromatic heterocycles. The lowest BCUT2D eigenvalue weighted by molar-refractivity contribution is -0.141. The van der Waals surface area contributed by atoms with E-state index in [4.69, 9.17) is 14.6 Å². The standard InChI is InChI=1S/C7H13BrO2.C2H4O2/c1-7(9)10-6-4-2-3-5-8;1-2(3)4/h2-6H2,1H3;1H3,(H,3,4). The number of hydrogen-bond acceptors (Lipinski definition) is 3. The van der Waals surface area contributed by atoms with Crippen LogP contribution < -0.4 is 0 Å². The second-order valence-electron chi connectivity index (χ2n) is 2.61. The number of hydrogen-bond donors (Lipinski definition) is 1. The van der Waals surface area contributed by atoms with Crippen LogP contribution in [-0.4, -0.2) is 29.0 Å². The van der Waals surface area contributed by atoms with Gasteiger partial charge in [0.2, 0.25) is 0 Å². The first-order valence-electron chi connectivity index (χ1n) is 4.39. The number of ether oxygens (including phenoxy) is 1. The topological polar surface area (TPSA) is 63.6 Å². The Kier molecular flexibility index (Phi) is 14.1. The summed E-state index contributed by atoms with van der Waals surface area (Å²) in [5.41, 5.74) is 0. The molecule has 0 bridgehead atoms. The predicted molar refractivity (Wildman–Crippen MR) is 57.6 cm³/mol. The van der Waals surface area contributed by atoms with Crippen LogP contribution in [0.1, 0.15) is 33.1 Å². The second kappa shape index (κ2) is 12.4. The summed E-state index contributed by atoms with van der Waals surface area (Å²) in [4.78, 5) is 19.2. The lowest BCUT2D eigenvalue weighted by atomic mass is 10.3. The van der Waals surface area contributed by atoms with Crippen molar-refractivity contribution in [2.24, 2.45) is 0 Å². The van der Waals surface area contributed by atoms with E-state index in [-0.39, 0.29) is 5.97 Å². The van der Waals surface area contributed by atoms with Crippen molar-refractivity contribution in [1.82, 2.24) is 0 Å². The molecule has 14 heavy (non-hydrogen) atoms. The zero-order chi connectivity index (χ0) is 11.4. The Balaban J connectivity index is 0. The molecule has 0 amide bonds. The normalized spacial score (nSPS) is 8.50. The number of carboxylic acid groups (broad SMARTS) is 1. The van der Waals surface area contributed by atoms with Gasteiger partial charge in [-0.2, -0.15) is 0 Å². The lowest BCUT2D eigenvalue weighted by Gasteiger charge is -1.99. The molecule has 0 spiro atoms. The molecule has 0 rings (SSSR count). The summed E-state index contributed by atoms with van der Waals surface area (Å²) in [5.74, 6) is -1.01. The second-order valence-corrected chi connectivity index (χ2v) is 3.40. The highest BCUT2D eigenvalue weighted by atomic mass is 79.9. The molecule has 0 saturated carbocycles. The quantitative estimate of drug-likeness (QED) is 0.472. The van der Waals surface area contributed by atoms with Gasteiger partial charge in [0.25, 0.3) is 5.97 Å². The summed E-state index contributed by atoms with van der Waals surface area (Å²) in [6.45, 7) is 3.09. The van der Waals surface area contributed by atoms with Crippen LogP contribution in [0.2, 0.25) is 0 Å². The number of carboxylic acids is 1. The van der Waals surface area contributed by atoms with Crippen LogP contribution in [0.4, 0.5) is 0 Å². The third kappa shape index (κ3) is 30.1. The largest absolute Gasteiger partial charge is 0.481 e. The van der Waals surface area contributed by atoms with Crippen LogP contribution in [0.3, 0.4) is 0 Å². The van der Waals surface area contributed by atoms with Gasteiger partial charge < -0.3 is 9.84 Å². The number of carbonyl (C=O) groups is 2. The first kappa shape index (κ1) is 15.9. The average molecular weight is 269 g/mol. The highest BCUT2D eigenvalue weighted by Gasteiger charge is 1.91. The molecule has 0 aliphatic heterocycles. The van der Waals surface area contributed by atoms with Crippen molar-refractivity contribution in [3.63, 3.8) is 0 Å². The van der Waals surface area contributed by atoms with E-state index in [0.29, 0.717) is 6.61 Å². The van der Waals surface area contributed by atoms with Gasteiger partial charge in [-0.15, -0.1) is 0 Å². The van der Waals surface area contributed by atoms with Gasteiger partial charge in [0.05, 0.1) is 6.61 Å². The molecule has 0 heterocycles. The Morgan fingerprint density at radius 3 is 2.07 bits per heavy atom. The van der Waals surface area contributed by atoms with Crippen LogP contribution in [0, 0.1) is 0 Å². The van der Waals surface area contributed by atoms with Crippen LogP contribution in [0.5, 0.6) is 0 Å². The molecule has 0 atom stereocenters. The first-order chi connectivity index (χ1) is 6.50. The van der Waals surface area contributed by atoms with Gasteiger partial charge in [0.15, 0.2) is 0 Å². The number of alkyl halides is 1. The Labute approximate surface area is 92.8 Å². The first-order valence-corrected chi connectivity index (χ1v) is 5.51. The van der Waals surface area contributed by atoms with Gasteiger partial charge in [-0.25, -0.2) is 0 Å². The minimum Gasteiger partial charge on any atom is -0.481 e. The number of rotatable bonds is 5. The fourth-order valence-corrected chi connectivity index (χ4v) is 0.986. The summed E-state index contributed by atoms with van der Waals surface area (Å²) in [6.07, 6.45) is 3.25. The Bertz CT molecular complexity index is 155. The van der Waals surface area contributed by atoms with Crippen LogP contribution in [0.25, 0.3) is 0 Å². The molecule has 1 N–H and O–H groups in total. The SMILES string of the molecule is CC(=O)O.CC(=O)OCCCCCBr. The van der Waals surface area contributed by atoms with Crippen molar-refractivity contribution in [2.75, 3.05) is 11.9 Å². The zero-order valence-corrected chi connectivity index (χ0v) is 10.2. The minimum atomic E-state index is -0.833. The van der Waals surface area contributed by atoms with Gasteiger partial charge >= 0.3 is 5.97 Å². The summed E-state index contributed by atoms with van der Waals surface area (Å²) >= 11 is 3.32. The van der Waals surface area contributed by atoms with Crippen molar-refractivity contribution in [1.29, 1.82) is 0 Å². The molecule has 0 aromatic rings. The molecule has 0 aromatic carbocycles. The van der Waals surface area contributed by atoms with E-state index >= 15 is 0 Å². The fraction of sp³-hybridized carbons (Fsp3) is 0.778. The van der Waals surface area contributed by atoms with E-state index in [0.717, 1.165) is 31.5 Å². The molecule has 4 nitrogen and oxygen atoms in total. The molecular formula is C9H17BrO4. The molecule has 0 radical (unpaired) electrons. The molecule has 5 heteroatoms. The molecule has 0 unspecified atom stereocenters. The molecule has 0 aliphatic rings. The van der Waals surface area contributed by atoms with Crippen molar-refractivity contribution in [3.8, 4) is 0 Å². The number of unbranched alkanes of at least 4 members (excludes halogenated alkanes) is 2. The van der Waals surface area contributed by atoms with Crippen molar-refractivity contribution in [2.45, 2.75) is 33.1 Å². The lowest BCUT2D eigenvalue weighted by Crippen LogP contribution is -2.00. The zero-order valence-electron chi connectivity index (χ0n) is 8.59. The number of carbonyl (C=O) groups excluding carboxylic acids is 1. The highest BCUT2D eigenvalue weighted by Crippen LogP contribution is 1.98. The number of esters is 1. The van der Waals surface area contributed by atoms with Gasteiger partial charge in [0.1, 0.15) is 0 Å². The van der Waals surface area contributed by atoms with E-state index < -0.39 is 5.97 Å². The maximum Gasteiger partial charge on any atom is 0.302 e. The Morgan fingerprint density at radius 2 is 1.71 bits per heavy atom. The van der Waals surface area contributed by atoms with Crippen LogP contribution in [0.15, 0.2) is 0 Å². The van der Waals surface area contributed by atoms with Crippen molar-refractivity contribution >= 4 is 27.9 Å². The summed E-state index contributed by atoms with van der Waals surface area (Å²) in [7, 11) is 0. The summed E-state index contributed by atoms with van der Waals surface area (Å²) in [6, 6.07) is 0. The Hall–Kier alpha value is -0.580. The predicted octanol–water partition coefficient (Wildman–Crippen LogP) is 2.21. The number of aliphatic carboxylic acids is 1. The van der Waals surface area contributed by atoms with E-state index in [1.165, 1.54) is 6.92 Å². The average Bonchev–Trinajstić information content (AvgIpc) is 2.02. The van der Waals surface area contributed by atoms with Gasteiger partial charge in [-0.3, -0.25) is 9.59 Å². The van der Waals surface area contributed by atoms with Gasteiger partial charge in [0, 0.05) is 19.2 Å². The van der Waals surface area contributed by atoms with E-state index in [2.05, 4.69) is 15.9 Å². The monoisotopic (exact) mass is 268 g/mol. The Morgan fingerprint density at radius 1 is 1.21 bits per heavy atom. The summed E-state index contributed by atoms with van der Waals surface area (Å²) in [5, 5.41) is 8.45. The van der Waals surface area contributed by atoms with E-state index in [1.54, 1.807) is 0 Å². The summed E-state index contributed by atoms with van der Waals surface area (Å²) < 4.78 is 4.73. The van der Waals surface area contributed by atoms with Crippen molar-refractivity contribution < 1.29 is 19.4 Å². The molecule has 84 valence electrons. The smallest absolute Gasteiger partial charge is 0.302 e. The van der Waals surface area contributed by atoms with Gasteiger partial charge in [-0.1, -0.05) is 15.9 Å².